The van der Waals surface area contributed by atoms with E-state index in [1.54, 1.807) is 0 Å². The zero-order valence-electron chi connectivity index (χ0n) is 9.63. The van der Waals surface area contributed by atoms with E-state index in [9.17, 15) is 4.79 Å². The third-order valence-corrected chi connectivity index (χ3v) is 3.91. The van der Waals surface area contributed by atoms with E-state index in [2.05, 4.69) is 0 Å². The Hall–Kier alpha value is -1.22. The van der Waals surface area contributed by atoms with E-state index < -0.39 is 5.97 Å². The zero-order chi connectivity index (χ0) is 12.3. The van der Waals surface area contributed by atoms with Gasteiger partial charge in [0.2, 0.25) is 0 Å². The number of rotatable bonds is 4. The lowest BCUT2D eigenvalue weighted by molar-refractivity contribution is -0.142. The highest BCUT2D eigenvalue weighted by atomic mass is 32.1. The van der Waals surface area contributed by atoms with Crippen LogP contribution < -0.4 is 0 Å². The lowest BCUT2D eigenvalue weighted by Gasteiger charge is -2.17. The molecule has 1 aromatic carbocycles. The largest absolute Gasteiger partial charge is 0.481 e. The molecule has 0 saturated heterocycles. The highest BCUT2D eigenvalue weighted by Gasteiger charge is 2.35. The first-order valence-electron chi connectivity index (χ1n) is 5.98. The minimum atomic E-state index is -0.692. The third kappa shape index (κ3) is 2.91. The fourth-order valence-corrected chi connectivity index (χ4v) is 3.02. The molecule has 2 rings (SSSR count). The molecule has 0 radical (unpaired) electrons. The lowest BCUT2D eigenvalue weighted by atomic mass is 9.90. The van der Waals surface area contributed by atoms with E-state index in [-0.39, 0.29) is 11.8 Å². The molecule has 0 aromatic heterocycles. The van der Waals surface area contributed by atoms with Crippen molar-refractivity contribution in [2.75, 3.05) is 0 Å². The van der Waals surface area contributed by atoms with Crippen LogP contribution in [0, 0.1) is 11.8 Å². The maximum atomic E-state index is 11.1. The highest BCUT2D eigenvalue weighted by Crippen LogP contribution is 2.34. The Morgan fingerprint density at radius 1 is 1.24 bits per heavy atom. The lowest BCUT2D eigenvalue weighted by Crippen LogP contribution is -2.25. The van der Waals surface area contributed by atoms with Gasteiger partial charge in [0.1, 0.15) is 0 Å². The molecule has 3 heteroatoms. The molecule has 2 unspecified atom stereocenters. The van der Waals surface area contributed by atoms with Crippen LogP contribution in [0.5, 0.6) is 0 Å². The summed E-state index contributed by atoms with van der Waals surface area (Å²) in [7, 11) is 0. The third-order valence-electron chi connectivity index (χ3n) is 3.47. The van der Waals surface area contributed by atoms with Crippen LogP contribution >= 0.6 is 12.2 Å². The molecule has 2 atom stereocenters. The Morgan fingerprint density at radius 2 is 1.88 bits per heavy atom. The molecule has 0 bridgehead atoms. The second-order valence-corrected chi connectivity index (χ2v) is 5.14. The summed E-state index contributed by atoms with van der Waals surface area (Å²) >= 11 is 5.43. The van der Waals surface area contributed by atoms with Crippen molar-refractivity contribution in [2.45, 2.75) is 25.7 Å². The average Bonchev–Trinajstić information content (AvgIpc) is 2.79. The number of carbonyl (C=O) groups is 1. The van der Waals surface area contributed by atoms with Crippen molar-refractivity contribution >= 4 is 23.1 Å². The molecule has 1 aliphatic rings. The molecule has 90 valence electrons. The normalized spacial score (nSPS) is 23.5. The van der Waals surface area contributed by atoms with Gasteiger partial charge in [-0.3, -0.25) is 4.79 Å². The molecule has 0 amide bonds. The number of thiocarbonyl (C=S) groups is 1. The maximum absolute atomic E-state index is 11.1. The van der Waals surface area contributed by atoms with Crippen molar-refractivity contribution in [2.24, 2.45) is 11.8 Å². The van der Waals surface area contributed by atoms with Crippen molar-refractivity contribution < 1.29 is 9.90 Å². The predicted octanol–water partition coefficient (Wildman–Crippen LogP) is 3.10. The minimum Gasteiger partial charge on any atom is -0.481 e. The van der Waals surface area contributed by atoms with Gasteiger partial charge in [0.05, 0.1) is 5.92 Å². The summed E-state index contributed by atoms with van der Waals surface area (Å²) in [6.45, 7) is 0. The molecule has 0 aliphatic heterocycles. The van der Waals surface area contributed by atoms with Gasteiger partial charge in [-0.2, -0.15) is 0 Å². The van der Waals surface area contributed by atoms with Crippen molar-refractivity contribution in [3.8, 4) is 0 Å². The molecule has 1 aliphatic carbocycles. The predicted molar refractivity (Wildman–Crippen MR) is 71.2 cm³/mol. The Labute approximate surface area is 107 Å². The SMILES string of the molecule is O=C(O)C1CCCC1C(=S)Cc1ccccc1. The molecule has 1 fully saturated rings. The Kier molecular flexibility index (Phi) is 3.89. The number of hydrogen-bond acceptors (Lipinski definition) is 2. The second kappa shape index (κ2) is 5.41. The van der Waals surface area contributed by atoms with Gasteiger partial charge in [0.25, 0.3) is 0 Å². The molecule has 1 saturated carbocycles. The molecule has 1 N–H and O–H groups in total. The summed E-state index contributed by atoms with van der Waals surface area (Å²) in [6.07, 6.45) is 3.42. The molecule has 0 spiro atoms. The summed E-state index contributed by atoms with van der Waals surface area (Å²) in [5.41, 5.74) is 1.17. The van der Waals surface area contributed by atoms with Crippen LogP contribution in [-0.4, -0.2) is 15.9 Å². The van der Waals surface area contributed by atoms with Gasteiger partial charge in [-0.25, -0.2) is 0 Å². The number of benzene rings is 1. The van der Waals surface area contributed by atoms with E-state index in [1.807, 2.05) is 30.3 Å². The molecule has 2 nitrogen and oxygen atoms in total. The van der Waals surface area contributed by atoms with Crippen LogP contribution in [0.15, 0.2) is 30.3 Å². The average molecular weight is 248 g/mol. The van der Waals surface area contributed by atoms with E-state index in [1.165, 1.54) is 5.56 Å². The molecule has 0 heterocycles. The fourth-order valence-electron chi connectivity index (χ4n) is 2.57. The number of hydrogen-bond donors (Lipinski definition) is 1. The monoisotopic (exact) mass is 248 g/mol. The molecule has 17 heavy (non-hydrogen) atoms. The van der Waals surface area contributed by atoms with Crippen molar-refractivity contribution in [3.63, 3.8) is 0 Å². The van der Waals surface area contributed by atoms with Crippen LogP contribution in [0.3, 0.4) is 0 Å². The van der Waals surface area contributed by atoms with Gasteiger partial charge >= 0.3 is 5.97 Å². The summed E-state index contributed by atoms with van der Waals surface area (Å²) in [6, 6.07) is 10.0. The first-order chi connectivity index (χ1) is 8.18. The molecular formula is C14H16O2S. The standard InChI is InChI=1S/C14H16O2S/c15-14(16)12-8-4-7-11(12)13(17)9-10-5-2-1-3-6-10/h1-3,5-6,11-12H,4,7-9H2,(H,15,16). The summed E-state index contributed by atoms with van der Waals surface area (Å²) < 4.78 is 0. The van der Waals surface area contributed by atoms with E-state index in [4.69, 9.17) is 17.3 Å². The van der Waals surface area contributed by atoms with E-state index >= 15 is 0 Å². The van der Waals surface area contributed by atoms with Crippen LogP contribution in [0.2, 0.25) is 0 Å². The molecule has 1 aromatic rings. The van der Waals surface area contributed by atoms with Crippen LogP contribution in [0.1, 0.15) is 24.8 Å². The van der Waals surface area contributed by atoms with Crippen molar-refractivity contribution in [1.82, 2.24) is 0 Å². The summed E-state index contributed by atoms with van der Waals surface area (Å²) in [5.74, 6) is -0.864. The second-order valence-electron chi connectivity index (χ2n) is 4.61. The van der Waals surface area contributed by atoms with Crippen LogP contribution in [0.25, 0.3) is 0 Å². The summed E-state index contributed by atoms with van der Waals surface area (Å²) in [5, 5.41) is 9.14. The Balaban J connectivity index is 2.03. The van der Waals surface area contributed by atoms with Gasteiger partial charge in [0.15, 0.2) is 0 Å². The fraction of sp³-hybridized carbons (Fsp3) is 0.429. The van der Waals surface area contributed by atoms with Gasteiger partial charge in [-0.05, 0) is 18.4 Å². The van der Waals surface area contributed by atoms with Gasteiger partial charge in [0, 0.05) is 17.2 Å². The number of carboxylic acids is 1. The van der Waals surface area contributed by atoms with E-state index in [0.717, 1.165) is 30.5 Å². The van der Waals surface area contributed by atoms with Gasteiger partial charge < -0.3 is 5.11 Å². The van der Waals surface area contributed by atoms with Crippen molar-refractivity contribution in [3.05, 3.63) is 35.9 Å². The first-order valence-corrected chi connectivity index (χ1v) is 6.39. The smallest absolute Gasteiger partial charge is 0.307 e. The first kappa shape index (κ1) is 12.2. The van der Waals surface area contributed by atoms with Gasteiger partial charge in [-0.15, -0.1) is 0 Å². The topological polar surface area (TPSA) is 37.3 Å². The number of carboxylic acid groups (broad SMARTS) is 1. The quantitative estimate of drug-likeness (QED) is 0.832. The maximum Gasteiger partial charge on any atom is 0.307 e. The molecular weight excluding hydrogens is 232 g/mol. The highest BCUT2D eigenvalue weighted by molar-refractivity contribution is 7.80. The zero-order valence-corrected chi connectivity index (χ0v) is 10.5. The minimum absolute atomic E-state index is 0.0858. The van der Waals surface area contributed by atoms with Crippen LogP contribution in [0.4, 0.5) is 0 Å². The van der Waals surface area contributed by atoms with Crippen LogP contribution in [-0.2, 0) is 11.2 Å². The Morgan fingerprint density at radius 3 is 2.53 bits per heavy atom. The Bertz CT molecular complexity index is 413. The summed E-state index contributed by atoms with van der Waals surface area (Å²) in [4.78, 5) is 12.0. The van der Waals surface area contributed by atoms with Crippen molar-refractivity contribution in [1.29, 1.82) is 0 Å². The van der Waals surface area contributed by atoms with Gasteiger partial charge in [-0.1, -0.05) is 49.0 Å². The van der Waals surface area contributed by atoms with E-state index in [0.29, 0.717) is 0 Å². The number of aliphatic carboxylic acids is 1.